The number of hydrogen-bond donors (Lipinski definition) is 1. The normalized spacial score (nSPS) is 15.4. The van der Waals surface area contributed by atoms with Crippen LogP contribution in [0.3, 0.4) is 0 Å². The van der Waals surface area contributed by atoms with E-state index in [4.69, 9.17) is 11.6 Å². The Morgan fingerprint density at radius 1 is 1.31 bits per heavy atom. The largest absolute Gasteiger partial charge is 0.369 e. The van der Waals surface area contributed by atoms with Crippen molar-refractivity contribution in [1.82, 2.24) is 5.32 Å². The first-order chi connectivity index (χ1) is 7.90. The molecule has 1 heterocycles. The molecule has 0 aromatic heterocycles. The average molecular weight is 235 g/mol. The van der Waals surface area contributed by atoms with Crippen molar-refractivity contribution < 1.29 is 0 Å². The Kier molecular flexibility index (Phi) is 4.10. The van der Waals surface area contributed by atoms with Gasteiger partial charge in [-0.15, -0.1) is 11.6 Å². The van der Waals surface area contributed by atoms with Crippen LogP contribution in [0.2, 0.25) is 0 Å². The number of halogens is 1. The summed E-state index contributed by atoms with van der Waals surface area (Å²) in [7, 11) is 0. The molecule has 16 heavy (non-hydrogen) atoms. The number of hydrogen-bond acceptors (Lipinski definition) is 2. The van der Waals surface area contributed by atoms with E-state index in [1.165, 1.54) is 5.69 Å². The van der Waals surface area contributed by atoms with Gasteiger partial charge in [0.1, 0.15) is 0 Å². The first-order valence-electron chi connectivity index (χ1n) is 5.51. The van der Waals surface area contributed by atoms with Gasteiger partial charge in [-0.2, -0.15) is 0 Å². The highest BCUT2D eigenvalue weighted by atomic mass is 35.5. The molecule has 3 heteroatoms. The van der Waals surface area contributed by atoms with Crippen molar-refractivity contribution in [3.05, 3.63) is 29.8 Å². The van der Waals surface area contributed by atoms with Gasteiger partial charge in [-0.05, 0) is 18.2 Å². The highest BCUT2D eigenvalue weighted by Crippen LogP contribution is 2.16. The van der Waals surface area contributed by atoms with Crippen LogP contribution in [0.4, 0.5) is 5.69 Å². The van der Waals surface area contributed by atoms with Crippen molar-refractivity contribution >= 4 is 17.3 Å². The van der Waals surface area contributed by atoms with Crippen molar-refractivity contribution in [3.63, 3.8) is 0 Å². The molecule has 2 rings (SSSR count). The zero-order chi connectivity index (χ0) is 11.2. The van der Waals surface area contributed by atoms with Crippen LogP contribution in [0.15, 0.2) is 24.3 Å². The number of nitrogens with one attached hydrogen (secondary N) is 1. The summed E-state index contributed by atoms with van der Waals surface area (Å²) in [5, 5.41) is 3.35. The van der Waals surface area contributed by atoms with Gasteiger partial charge in [0.05, 0.1) is 5.88 Å². The van der Waals surface area contributed by atoms with Crippen molar-refractivity contribution in [3.8, 4) is 11.8 Å². The van der Waals surface area contributed by atoms with E-state index >= 15 is 0 Å². The van der Waals surface area contributed by atoms with Crippen LogP contribution in [0.25, 0.3) is 0 Å². The molecule has 84 valence electrons. The molecule has 1 N–H and O–H groups in total. The molecule has 0 atom stereocenters. The van der Waals surface area contributed by atoms with E-state index in [0.29, 0.717) is 5.88 Å². The molecule has 1 aromatic carbocycles. The minimum absolute atomic E-state index is 0.387. The molecule has 0 bridgehead atoms. The third kappa shape index (κ3) is 2.91. The van der Waals surface area contributed by atoms with Gasteiger partial charge >= 0.3 is 0 Å². The molecular formula is C13H15ClN2. The molecule has 1 fully saturated rings. The summed E-state index contributed by atoms with van der Waals surface area (Å²) in [6.45, 7) is 4.23. The van der Waals surface area contributed by atoms with Crippen LogP contribution in [0.1, 0.15) is 5.56 Å². The zero-order valence-corrected chi connectivity index (χ0v) is 9.93. The Hall–Kier alpha value is -1.17. The Labute approximate surface area is 102 Å². The smallest absolute Gasteiger partial charge is 0.0839 e. The van der Waals surface area contributed by atoms with Crippen LogP contribution in [0, 0.1) is 11.8 Å². The summed E-state index contributed by atoms with van der Waals surface area (Å²) in [6.07, 6.45) is 0. The number of nitrogens with zero attached hydrogens (tertiary/aromatic N) is 1. The second-order valence-electron chi connectivity index (χ2n) is 3.72. The van der Waals surface area contributed by atoms with E-state index in [-0.39, 0.29) is 0 Å². The summed E-state index contributed by atoms with van der Waals surface area (Å²) >= 11 is 5.55. The Bertz CT molecular complexity index is 400. The SMILES string of the molecule is ClCC#Cc1cccc(N2CCNCC2)c1. The van der Waals surface area contributed by atoms with Crippen LogP contribution in [-0.2, 0) is 0 Å². The van der Waals surface area contributed by atoms with Crippen LogP contribution in [0.5, 0.6) is 0 Å². The standard InChI is InChI=1S/C13H15ClN2/c14-6-2-4-12-3-1-5-13(11-12)16-9-7-15-8-10-16/h1,3,5,11,15H,6-10H2. The molecule has 0 unspecified atom stereocenters. The van der Waals surface area contributed by atoms with Gasteiger partial charge in [0, 0.05) is 37.4 Å². The number of benzene rings is 1. The van der Waals surface area contributed by atoms with Gasteiger partial charge < -0.3 is 10.2 Å². The van der Waals surface area contributed by atoms with Crippen molar-refractivity contribution in [1.29, 1.82) is 0 Å². The fourth-order valence-electron chi connectivity index (χ4n) is 1.84. The maximum absolute atomic E-state index is 5.55. The summed E-state index contributed by atoms with van der Waals surface area (Å²) in [6, 6.07) is 8.34. The predicted octanol–water partition coefficient (Wildman–Crippen LogP) is 1.69. The van der Waals surface area contributed by atoms with E-state index in [9.17, 15) is 0 Å². The number of piperazine rings is 1. The molecular weight excluding hydrogens is 220 g/mol. The van der Waals surface area contributed by atoms with Crippen molar-refractivity contribution in [2.24, 2.45) is 0 Å². The molecule has 0 spiro atoms. The van der Waals surface area contributed by atoms with E-state index < -0.39 is 0 Å². The number of anilines is 1. The Morgan fingerprint density at radius 2 is 2.12 bits per heavy atom. The monoisotopic (exact) mass is 234 g/mol. The third-order valence-corrected chi connectivity index (χ3v) is 2.76. The molecule has 0 aliphatic carbocycles. The fourth-order valence-corrected chi connectivity index (χ4v) is 1.91. The van der Waals surface area contributed by atoms with Gasteiger partial charge in [0.25, 0.3) is 0 Å². The topological polar surface area (TPSA) is 15.3 Å². The molecule has 2 nitrogen and oxygen atoms in total. The lowest BCUT2D eigenvalue weighted by Crippen LogP contribution is -2.43. The lowest BCUT2D eigenvalue weighted by atomic mass is 10.2. The number of rotatable bonds is 1. The molecule has 0 amide bonds. The van der Waals surface area contributed by atoms with E-state index in [1.54, 1.807) is 0 Å². The lowest BCUT2D eigenvalue weighted by molar-refractivity contribution is 0.589. The highest BCUT2D eigenvalue weighted by Gasteiger charge is 2.09. The average Bonchev–Trinajstić information content (AvgIpc) is 2.38. The first kappa shape index (κ1) is 11.3. The quantitative estimate of drug-likeness (QED) is 0.588. The fraction of sp³-hybridized carbons (Fsp3) is 0.385. The Morgan fingerprint density at radius 3 is 2.88 bits per heavy atom. The molecule has 0 radical (unpaired) electrons. The molecule has 1 saturated heterocycles. The predicted molar refractivity (Wildman–Crippen MR) is 69.1 cm³/mol. The minimum Gasteiger partial charge on any atom is -0.369 e. The van der Waals surface area contributed by atoms with Crippen molar-refractivity contribution in [2.45, 2.75) is 0 Å². The summed E-state index contributed by atoms with van der Waals surface area (Å²) < 4.78 is 0. The lowest BCUT2D eigenvalue weighted by Gasteiger charge is -2.29. The maximum atomic E-state index is 5.55. The molecule has 1 aliphatic rings. The van der Waals surface area contributed by atoms with Gasteiger partial charge in [-0.3, -0.25) is 0 Å². The van der Waals surface area contributed by atoms with Gasteiger partial charge in [0.2, 0.25) is 0 Å². The van der Waals surface area contributed by atoms with Gasteiger partial charge in [-0.25, -0.2) is 0 Å². The van der Waals surface area contributed by atoms with E-state index in [0.717, 1.165) is 31.7 Å². The summed E-state index contributed by atoms with van der Waals surface area (Å²) in [4.78, 5) is 2.38. The third-order valence-electron chi connectivity index (χ3n) is 2.63. The molecule has 0 saturated carbocycles. The first-order valence-corrected chi connectivity index (χ1v) is 6.04. The second-order valence-corrected chi connectivity index (χ2v) is 3.99. The summed E-state index contributed by atoms with van der Waals surface area (Å²) in [5.74, 6) is 6.32. The van der Waals surface area contributed by atoms with E-state index in [2.05, 4.69) is 40.3 Å². The Balaban J connectivity index is 2.14. The van der Waals surface area contributed by atoms with E-state index in [1.807, 2.05) is 6.07 Å². The second kappa shape index (κ2) is 5.79. The van der Waals surface area contributed by atoms with Crippen molar-refractivity contribution in [2.75, 3.05) is 37.0 Å². The van der Waals surface area contributed by atoms with Crippen LogP contribution >= 0.6 is 11.6 Å². The molecule has 1 aliphatic heterocycles. The molecule has 1 aromatic rings. The van der Waals surface area contributed by atoms with Crippen LogP contribution in [-0.4, -0.2) is 32.1 Å². The van der Waals surface area contributed by atoms with Gasteiger partial charge in [0.15, 0.2) is 0 Å². The number of alkyl halides is 1. The summed E-state index contributed by atoms with van der Waals surface area (Å²) in [5.41, 5.74) is 2.29. The highest BCUT2D eigenvalue weighted by molar-refractivity contribution is 6.19. The zero-order valence-electron chi connectivity index (χ0n) is 9.17. The minimum atomic E-state index is 0.387. The van der Waals surface area contributed by atoms with Gasteiger partial charge in [-0.1, -0.05) is 17.9 Å². The maximum Gasteiger partial charge on any atom is 0.0839 e. The van der Waals surface area contributed by atoms with Crippen LogP contribution < -0.4 is 10.2 Å².